The standard InChI is InChI=1S/C13H21NO2S/c1-4-14-10-11-6-5-7-12(15-2)13(11)16-8-9-17-3/h5-7,14H,4,8-10H2,1-3H3. The van der Waals surface area contributed by atoms with Gasteiger partial charge in [0.05, 0.1) is 13.7 Å². The fourth-order valence-corrected chi connectivity index (χ4v) is 1.76. The Kier molecular flexibility index (Phi) is 6.89. The molecule has 17 heavy (non-hydrogen) atoms. The first-order valence-corrected chi connectivity index (χ1v) is 7.21. The second-order valence-electron chi connectivity index (χ2n) is 3.57. The average molecular weight is 255 g/mol. The third-order valence-corrected chi connectivity index (χ3v) is 2.95. The van der Waals surface area contributed by atoms with Gasteiger partial charge in [-0.25, -0.2) is 0 Å². The number of benzene rings is 1. The summed E-state index contributed by atoms with van der Waals surface area (Å²) in [4.78, 5) is 0. The van der Waals surface area contributed by atoms with Gasteiger partial charge in [-0.15, -0.1) is 0 Å². The minimum Gasteiger partial charge on any atom is -0.493 e. The van der Waals surface area contributed by atoms with Crippen LogP contribution in [0.15, 0.2) is 18.2 Å². The quantitative estimate of drug-likeness (QED) is 0.723. The van der Waals surface area contributed by atoms with E-state index in [1.54, 1.807) is 18.9 Å². The number of nitrogens with one attached hydrogen (secondary N) is 1. The highest BCUT2D eigenvalue weighted by molar-refractivity contribution is 7.98. The zero-order chi connectivity index (χ0) is 12.5. The number of methoxy groups -OCH3 is 1. The van der Waals surface area contributed by atoms with Crippen molar-refractivity contribution in [2.45, 2.75) is 13.5 Å². The van der Waals surface area contributed by atoms with Crippen molar-refractivity contribution in [3.8, 4) is 11.5 Å². The minimum atomic E-state index is 0.709. The number of thioether (sulfide) groups is 1. The largest absolute Gasteiger partial charge is 0.493 e. The molecular weight excluding hydrogens is 234 g/mol. The van der Waals surface area contributed by atoms with Crippen LogP contribution >= 0.6 is 11.8 Å². The van der Waals surface area contributed by atoms with Gasteiger partial charge in [-0.05, 0) is 18.9 Å². The summed E-state index contributed by atoms with van der Waals surface area (Å²) in [5.74, 6) is 2.66. The summed E-state index contributed by atoms with van der Waals surface area (Å²) >= 11 is 1.78. The van der Waals surface area contributed by atoms with E-state index in [2.05, 4.69) is 24.6 Å². The Labute approximate surface area is 108 Å². The Morgan fingerprint density at radius 1 is 1.35 bits per heavy atom. The van der Waals surface area contributed by atoms with Crippen LogP contribution in [-0.2, 0) is 6.54 Å². The van der Waals surface area contributed by atoms with E-state index in [1.807, 2.05) is 12.1 Å². The van der Waals surface area contributed by atoms with E-state index < -0.39 is 0 Å². The molecule has 1 aromatic rings. The number of hydrogen-bond acceptors (Lipinski definition) is 4. The first-order valence-electron chi connectivity index (χ1n) is 5.81. The Morgan fingerprint density at radius 3 is 2.82 bits per heavy atom. The maximum Gasteiger partial charge on any atom is 0.165 e. The lowest BCUT2D eigenvalue weighted by Crippen LogP contribution is -2.13. The second-order valence-corrected chi connectivity index (χ2v) is 4.56. The Hall–Kier alpha value is -0.870. The summed E-state index contributed by atoms with van der Waals surface area (Å²) in [6, 6.07) is 6.00. The van der Waals surface area contributed by atoms with E-state index in [0.29, 0.717) is 6.61 Å². The van der Waals surface area contributed by atoms with Gasteiger partial charge in [-0.1, -0.05) is 19.1 Å². The summed E-state index contributed by atoms with van der Waals surface area (Å²) < 4.78 is 11.1. The molecule has 4 heteroatoms. The lowest BCUT2D eigenvalue weighted by Gasteiger charge is -2.15. The van der Waals surface area contributed by atoms with Crippen LogP contribution in [0.1, 0.15) is 12.5 Å². The zero-order valence-electron chi connectivity index (χ0n) is 10.8. The summed E-state index contributed by atoms with van der Waals surface area (Å²) in [5, 5.41) is 3.31. The van der Waals surface area contributed by atoms with Gasteiger partial charge in [0.2, 0.25) is 0 Å². The van der Waals surface area contributed by atoms with Gasteiger partial charge in [0.1, 0.15) is 0 Å². The van der Waals surface area contributed by atoms with Gasteiger partial charge < -0.3 is 14.8 Å². The molecular formula is C13H21NO2S. The summed E-state index contributed by atoms with van der Waals surface area (Å²) in [7, 11) is 1.67. The smallest absolute Gasteiger partial charge is 0.165 e. The van der Waals surface area contributed by atoms with Crippen molar-refractivity contribution in [3.05, 3.63) is 23.8 Å². The second kappa shape index (κ2) is 8.25. The fraction of sp³-hybridized carbons (Fsp3) is 0.538. The normalized spacial score (nSPS) is 10.3. The number of hydrogen-bond donors (Lipinski definition) is 1. The van der Waals surface area contributed by atoms with Gasteiger partial charge in [-0.3, -0.25) is 0 Å². The van der Waals surface area contributed by atoms with Crippen LogP contribution in [0, 0.1) is 0 Å². The highest BCUT2D eigenvalue weighted by Crippen LogP contribution is 2.31. The maximum atomic E-state index is 5.81. The predicted molar refractivity (Wildman–Crippen MR) is 74.3 cm³/mol. The number of para-hydroxylation sites is 1. The molecule has 0 saturated heterocycles. The number of ether oxygens (including phenoxy) is 2. The molecule has 0 bridgehead atoms. The van der Waals surface area contributed by atoms with Crippen LogP contribution in [-0.4, -0.2) is 32.3 Å². The van der Waals surface area contributed by atoms with Crippen LogP contribution in [0.25, 0.3) is 0 Å². The molecule has 0 radical (unpaired) electrons. The molecule has 0 aliphatic carbocycles. The Balaban J connectivity index is 2.78. The molecule has 0 aromatic heterocycles. The average Bonchev–Trinajstić information content (AvgIpc) is 2.37. The molecule has 0 unspecified atom stereocenters. The van der Waals surface area contributed by atoms with E-state index >= 15 is 0 Å². The van der Waals surface area contributed by atoms with E-state index in [1.165, 1.54) is 0 Å². The molecule has 0 spiro atoms. The first kappa shape index (κ1) is 14.2. The number of rotatable bonds is 8. The topological polar surface area (TPSA) is 30.5 Å². The van der Waals surface area contributed by atoms with Crippen LogP contribution in [0.2, 0.25) is 0 Å². The SMILES string of the molecule is CCNCc1cccc(OC)c1OCCSC. The lowest BCUT2D eigenvalue weighted by atomic mass is 10.2. The molecule has 1 N–H and O–H groups in total. The highest BCUT2D eigenvalue weighted by Gasteiger charge is 2.09. The molecule has 1 aromatic carbocycles. The molecule has 96 valence electrons. The Bertz CT molecular complexity index is 331. The van der Waals surface area contributed by atoms with Crippen LogP contribution in [0.3, 0.4) is 0 Å². The summed E-state index contributed by atoms with van der Waals surface area (Å²) in [5.41, 5.74) is 1.15. The third-order valence-electron chi connectivity index (χ3n) is 2.38. The Morgan fingerprint density at radius 2 is 2.18 bits per heavy atom. The van der Waals surface area contributed by atoms with Crippen LogP contribution < -0.4 is 14.8 Å². The van der Waals surface area contributed by atoms with Crippen molar-refractivity contribution < 1.29 is 9.47 Å². The predicted octanol–water partition coefficient (Wildman–Crippen LogP) is 2.55. The van der Waals surface area contributed by atoms with Crippen molar-refractivity contribution in [1.82, 2.24) is 5.32 Å². The van der Waals surface area contributed by atoms with E-state index in [9.17, 15) is 0 Å². The minimum absolute atomic E-state index is 0.709. The highest BCUT2D eigenvalue weighted by atomic mass is 32.2. The lowest BCUT2D eigenvalue weighted by molar-refractivity contribution is 0.309. The molecule has 3 nitrogen and oxygen atoms in total. The van der Waals surface area contributed by atoms with Crippen molar-refractivity contribution in [1.29, 1.82) is 0 Å². The van der Waals surface area contributed by atoms with Crippen molar-refractivity contribution in [3.63, 3.8) is 0 Å². The van der Waals surface area contributed by atoms with Crippen molar-refractivity contribution in [2.75, 3.05) is 32.3 Å². The first-order chi connectivity index (χ1) is 8.33. The summed E-state index contributed by atoms with van der Waals surface area (Å²) in [6.45, 7) is 4.55. The van der Waals surface area contributed by atoms with Crippen molar-refractivity contribution in [2.24, 2.45) is 0 Å². The molecule has 0 atom stereocenters. The van der Waals surface area contributed by atoms with Crippen molar-refractivity contribution >= 4 is 11.8 Å². The van der Waals surface area contributed by atoms with E-state index in [4.69, 9.17) is 9.47 Å². The maximum absolute atomic E-state index is 5.81. The third kappa shape index (κ3) is 4.48. The molecule has 0 fully saturated rings. The van der Waals surface area contributed by atoms with Crippen LogP contribution in [0.5, 0.6) is 11.5 Å². The van der Waals surface area contributed by atoms with Crippen LogP contribution in [0.4, 0.5) is 0 Å². The monoisotopic (exact) mass is 255 g/mol. The van der Waals surface area contributed by atoms with Gasteiger partial charge in [0, 0.05) is 17.9 Å². The fourth-order valence-electron chi connectivity index (χ4n) is 1.51. The van der Waals surface area contributed by atoms with Gasteiger partial charge in [0.25, 0.3) is 0 Å². The van der Waals surface area contributed by atoms with Gasteiger partial charge >= 0.3 is 0 Å². The van der Waals surface area contributed by atoms with Gasteiger partial charge in [-0.2, -0.15) is 11.8 Å². The molecule has 1 rings (SSSR count). The molecule has 0 aliphatic rings. The zero-order valence-corrected chi connectivity index (χ0v) is 11.6. The molecule has 0 heterocycles. The molecule has 0 saturated carbocycles. The molecule has 0 amide bonds. The molecule has 0 aliphatic heterocycles. The van der Waals surface area contributed by atoms with E-state index in [0.717, 1.165) is 35.9 Å². The van der Waals surface area contributed by atoms with E-state index in [-0.39, 0.29) is 0 Å². The van der Waals surface area contributed by atoms with Gasteiger partial charge in [0.15, 0.2) is 11.5 Å². The summed E-state index contributed by atoms with van der Waals surface area (Å²) in [6.07, 6.45) is 2.07.